The third-order valence-electron chi connectivity index (χ3n) is 4.74. The number of ether oxygens (including phenoxy) is 2. The van der Waals surface area contributed by atoms with Gasteiger partial charge in [-0.2, -0.15) is 0 Å². The fourth-order valence-electron chi connectivity index (χ4n) is 3.25. The van der Waals surface area contributed by atoms with Gasteiger partial charge in [-0.05, 0) is 69.3 Å². The Hall–Kier alpha value is -2.80. The number of rotatable bonds is 11. The molecule has 0 bridgehead atoms. The largest absolute Gasteiger partial charge is 0.493 e. The van der Waals surface area contributed by atoms with Crippen LogP contribution in [0.1, 0.15) is 30.0 Å². The van der Waals surface area contributed by atoms with Crippen LogP contribution >= 0.6 is 0 Å². The van der Waals surface area contributed by atoms with E-state index in [-0.39, 0.29) is 5.82 Å². The molecule has 2 aromatic carbocycles. The van der Waals surface area contributed by atoms with Crippen molar-refractivity contribution in [2.24, 2.45) is 4.99 Å². The van der Waals surface area contributed by atoms with Gasteiger partial charge in [0.2, 0.25) is 0 Å². The molecule has 0 saturated heterocycles. The van der Waals surface area contributed by atoms with Crippen molar-refractivity contribution in [3.05, 3.63) is 58.9 Å². The number of nitrogens with one attached hydrogen (secondary N) is 2. The number of hydrogen-bond donors (Lipinski definition) is 2. The van der Waals surface area contributed by atoms with Gasteiger partial charge >= 0.3 is 0 Å². The number of aryl methyl sites for hydroxylation is 1. The number of halogens is 1. The van der Waals surface area contributed by atoms with Gasteiger partial charge < -0.3 is 25.0 Å². The first-order valence-corrected chi connectivity index (χ1v) is 10.6. The SMILES string of the molecule is CCOc1cc(CCCNC(=NC)NCc2ccc(F)c(CN(C)C)c2)ccc1OC. The molecule has 0 atom stereocenters. The van der Waals surface area contributed by atoms with Gasteiger partial charge in [0, 0.05) is 32.2 Å². The summed E-state index contributed by atoms with van der Waals surface area (Å²) in [7, 11) is 7.25. The average Bonchev–Trinajstić information content (AvgIpc) is 2.75. The summed E-state index contributed by atoms with van der Waals surface area (Å²) in [4.78, 5) is 6.23. The van der Waals surface area contributed by atoms with E-state index in [1.54, 1.807) is 20.2 Å². The quantitative estimate of drug-likeness (QED) is 0.324. The van der Waals surface area contributed by atoms with E-state index >= 15 is 0 Å². The lowest BCUT2D eigenvalue weighted by molar-refractivity contribution is 0.310. The standard InChI is InChI=1S/C24H35FN4O2/c1-6-31-23-15-18(10-12-22(23)30-5)8-7-13-27-24(26-2)28-16-19-9-11-21(25)20(14-19)17-29(3)4/h9-12,14-15H,6-8,13,16-17H2,1-5H3,(H2,26,27,28). The first kappa shape index (κ1) is 24.5. The minimum atomic E-state index is -0.175. The second kappa shape index (κ2) is 12.8. The van der Waals surface area contributed by atoms with E-state index in [9.17, 15) is 4.39 Å². The zero-order chi connectivity index (χ0) is 22.6. The van der Waals surface area contributed by atoms with E-state index in [1.165, 1.54) is 11.6 Å². The number of guanidine groups is 1. The molecule has 0 radical (unpaired) electrons. The van der Waals surface area contributed by atoms with Crippen molar-refractivity contribution in [2.45, 2.75) is 32.9 Å². The number of benzene rings is 2. The number of hydrogen-bond acceptors (Lipinski definition) is 4. The molecule has 0 fully saturated rings. The molecule has 2 N–H and O–H groups in total. The highest BCUT2D eigenvalue weighted by Crippen LogP contribution is 2.28. The van der Waals surface area contributed by atoms with Crippen LogP contribution in [-0.2, 0) is 19.5 Å². The molecule has 6 nitrogen and oxygen atoms in total. The Morgan fingerprint density at radius 1 is 1.06 bits per heavy atom. The Balaban J connectivity index is 1.81. The van der Waals surface area contributed by atoms with Gasteiger partial charge in [-0.15, -0.1) is 0 Å². The molecular weight excluding hydrogens is 395 g/mol. The number of aliphatic imine (C=N–C) groups is 1. The van der Waals surface area contributed by atoms with Crippen molar-refractivity contribution < 1.29 is 13.9 Å². The Kier molecular flexibility index (Phi) is 10.1. The summed E-state index contributed by atoms with van der Waals surface area (Å²) in [5.74, 6) is 2.08. The Morgan fingerprint density at radius 3 is 2.52 bits per heavy atom. The van der Waals surface area contributed by atoms with Gasteiger partial charge in [-0.25, -0.2) is 4.39 Å². The first-order chi connectivity index (χ1) is 15.0. The van der Waals surface area contributed by atoms with Gasteiger partial charge in [-0.1, -0.05) is 12.1 Å². The summed E-state index contributed by atoms with van der Waals surface area (Å²) in [5.41, 5.74) is 2.91. The molecule has 2 rings (SSSR count). The van der Waals surface area contributed by atoms with Crippen molar-refractivity contribution in [1.82, 2.24) is 15.5 Å². The maximum Gasteiger partial charge on any atom is 0.191 e. The van der Waals surface area contributed by atoms with E-state index in [2.05, 4.69) is 21.7 Å². The molecule has 0 aliphatic carbocycles. The third kappa shape index (κ3) is 8.09. The lowest BCUT2D eigenvalue weighted by Crippen LogP contribution is -2.37. The highest BCUT2D eigenvalue weighted by molar-refractivity contribution is 5.79. The van der Waals surface area contributed by atoms with Crippen molar-refractivity contribution in [2.75, 3.05) is 41.4 Å². The Bertz CT molecular complexity index is 855. The molecule has 0 aliphatic heterocycles. The highest BCUT2D eigenvalue weighted by atomic mass is 19.1. The van der Waals surface area contributed by atoms with Crippen molar-refractivity contribution in [3.8, 4) is 11.5 Å². The summed E-state index contributed by atoms with van der Waals surface area (Å²) < 4.78 is 24.9. The molecule has 31 heavy (non-hydrogen) atoms. The van der Waals surface area contributed by atoms with Crippen LogP contribution < -0.4 is 20.1 Å². The van der Waals surface area contributed by atoms with Crippen molar-refractivity contribution in [3.63, 3.8) is 0 Å². The average molecular weight is 431 g/mol. The van der Waals surface area contributed by atoms with Crippen LogP contribution in [0.25, 0.3) is 0 Å². The molecule has 170 valence electrons. The predicted molar refractivity (Wildman–Crippen MR) is 124 cm³/mol. The molecule has 0 spiro atoms. The molecule has 0 aromatic heterocycles. The van der Waals surface area contributed by atoms with Crippen LogP contribution in [0.5, 0.6) is 11.5 Å². The molecular formula is C24H35FN4O2. The smallest absolute Gasteiger partial charge is 0.191 e. The minimum absolute atomic E-state index is 0.175. The number of nitrogens with zero attached hydrogens (tertiary/aromatic N) is 2. The molecule has 0 saturated carbocycles. The number of methoxy groups -OCH3 is 1. The van der Waals surface area contributed by atoms with Crippen LogP contribution in [0.2, 0.25) is 0 Å². The summed E-state index contributed by atoms with van der Waals surface area (Å²) in [6.07, 6.45) is 1.86. The fourth-order valence-corrected chi connectivity index (χ4v) is 3.25. The lowest BCUT2D eigenvalue weighted by atomic mass is 10.1. The maximum atomic E-state index is 14.0. The van der Waals surface area contributed by atoms with Crippen molar-refractivity contribution in [1.29, 1.82) is 0 Å². The van der Waals surface area contributed by atoms with E-state index in [1.807, 2.05) is 44.1 Å². The van der Waals surface area contributed by atoms with Crippen LogP contribution in [-0.4, -0.2) is 52.3 Å². The lowest BCUT2D eigenvalue weighted by Gasteiger charge is -2.14. The molecule has 2 aromatic rings. The molecule has 0 aliphatic rings. The van der Waals surface area contributed by atoms with Crippen molar-refractivity contribution >= 4 is 5.96 Å². The second-order valence-electron chi connectivity index (χ2n) is 7.54. The monoisotopic (exact) mass is 430 g/mol. The van der Waals surface area contributed by atoms with Gasteiger partial charge in [0.15, 0.2) is 17.5 Å². The minimum Gasteiger partial charge on any atom is -0.493 e. The molecule has 0 heterocycles. The zero-order valence-corrected chi connectivity index (χ0v) is 19.3. The molecule has 0 unspecified atom stereocenters. The summed E-state index contributed by atoms with van der Waals surface area (Å²) in [5, 5.41) is 6.62. The van der Waals surface area contributed by atoms with E-state index in [4.69, 9.17) is 9.47 Å². The van der Waals surface area contributed by atoms with Gasteiger partial charge in [0.25, 0.3) is 0 Å². The third-order valence-corrected chi connectivity index (χ3v) is 4.74. The van der Waals surface area contributed by atoms with Crippen LogP contribution in [0, 0.1) is 5.82 Å². The topological polar surface area (TPSA) is 58.1 Å². The predicted octanol–water partition coefficient (Wildman–Crippen LogP) is 3.59. The van der Waals surface area contributed by atoms with Gasteiger partial charge in [0.1, 0.15) is 5.82 Å². The summed E-state index contributed by atoms with van der Waals surface area (Å²) >= 11 is 0. The van der Waals surface area contributed by atoms with E-state index < -0.39 is 0 Å². The first-order valence-electron chi connectivity index (χ1n) is 10.6. The van der Waals surface area contributed by atoms with E-state index in [0.717, 1.165) is 42.4 Å². The van der Waals surface area contributed by atoms with Gasteiger partial charge in [0.05, 0.1) is 13.7 Å². The molecule has 7 heteroatoms. The fraction of sp³-hybridized carbons (Fsp3) is 0.458. The van der Waals surface area contributed by atoms with Gasteiger partial charge in [-0.3, -0.25) is 4.99 Å². The normalized spacial score (nSPS) is 11.5. The molecule has 0 amide bonds. The Morgan fingerprint density at radius 2 is 1.84 bits per heavy atom. The summed E-state index contributed by atoms with van der Waals surface area (Å²) in [6.45, 7) is 4.50. The summed E-state index contributed by atoms with van der Waals surface area (Å²) in [6, 6.07) is 11.3. The van der Waals surface area contributed by atoms with Crippen LogP contribution in [0.4, 0.5) is 4.39 Å². The van der Waals surface area contributed by atoms with E-state index in [0.29, 0.717) is 25.3 Å². The van der Waals surface area contributed by atoms with Crippen LogP contribution in [0.3, 0.4) is 0 Å². The Labute approximate surface area is 185 Å². The second-order valence-corrected chi connectivity index (χ2v) is 7.54. The van der Waals surface area contributed by atoms with Crippen LogP contribution in [0.15, 0.2) is 41.4 Å². The zero-order valence-electron chi connectivity index (χ0n) is 19.3. The maximum absolute atomic E-state index is 14.0. The highest BCUT2D eigenvalue weighted by Gasteiger charge is 2.07.